The number of anilines is 1. The highest BCUT2D eigenvalue weighted by molar-refractivity contribution is 5.92. The molecule has 1 aliphatic heterocycles. The molecule has 3 aromatic rings. The number of aromatic nitrogens is 2. The number of fused-ring (bicyclic) bond motifs is 2. The summed E-state index contributed by atoms with van der Waals surface area (Å²) in [5.41, 5.74) is 6.15. The zero-order valence-corrected chi connectivity index (χ0v) is 24.3. The zero-order valence-electron chi connectivity index (χ0n) is 24.3. The number of ether oxygens (including phenoxy) is 1. The lowest BCUT2D eigenvalue weighted by atomic mass is 9.97. The van der Waals surface area contributed by atoms with E-state index in [2.05, 4.69) is 59.0 Å². The summed E-state index contributed by atoms with van der Waals surface area (Å²) in [6, 6.07) is 13.0. The molecule has 1 aliphatic carbocycles. The number of carbonyl (C=O) groups excluding carboxylic acids is 1. The fraction of sp³-hybridized carbons (Fsp3) is 0.562. The number of hydrogen-bond acceptors (Lipinski definition) is 5. The molecule has 1 amide bonds. The number of carbonyl (C=O) groups is 1. The standard InChI is InChI=1S/C32H44N4O3/c1-20(2)31(37)34-26-9-8-24-14-23(15-25(24)16-26)17-35-12-11-29(30(18-35)39-19-32(5,6)38)36-22(4)33-27-13-21(3)7-10-28(27)36/h7-10,13,16,20,23,29-30,38H,11-12,14-15,17-19H2,1-6H3,(H,34,37)/t23?,29-,30-/m0/s1. The van der Waals surface area contributed by atoms with Gasteiger partial charge in [-0.3, -0.25) is 4.79 Å². The minimum Gasteiger partial charge on any atom is -0.388 e. The molecule has 2 N–H and O–H groups in total. The van der Waals surface area contributed by atoms with Crippen molar-refractivity contribution >= 4 is 22.6 Å². The Bertz CT molecular complexity index is 1340. The molecule has 0 spiro atoms. The molecule has 7 heteroatoms. The molecule has 0 bridgehead atoms. The minimum atomic E-state index is -0.883. The van der Waals surface area contributed by atoms with Crippen molar-refractivity contribution in [2.75, 3.05) is 31.6 Å². The number of likely N-dealkylation sites (tertiary alicyclic amines) is 1. The van der Waals surface area contributed by atoms with Crippen LogP contribution >= 0.6 is 0 Å². The molecule has 2 aliphatic rings. The van der Waals surface area contributed by atoms with Gasteiger partial charge in [0.25, 0.3) is 0 Å². The molecule has 39 heavy (non-hydrogen) atoms. The highest BCUT2D eigenvalue weighted by Crippen LogP contribution is 2.34. The fourth-order valence-electron chi connectivity index (χ4n) is 6.22. The van der Waals surface area contributed by atoms with Crippen molar-refractivity contribution in [1.82, 2.24) is 14.5 Å². The smallest absolute Gasteiger partial charge is 0.226 e. The average Bonchev–Trinajstić information content (AvgIpc) is 3.40. The zero-order chi connectivity index (χ0) is 27.9. The molecule has 3 atom stereocenters. The van der Waals surface area contributed by atoms with E-state index in [0.717, 1.165) is 61.4 Å². The summed E-state index contributed by atoms with van der Waals surface area (Å²) < 4.78 is 8.82. The molecule has 0 saturated carbocycles. The van der Waals surface area contributed by atoms with Crippen LogP contribution in [0, 0.1) is 25.7 Å². The van der Waals surface area contributed by atoms with E-state index >= 15 is 0 Å². The molecule has 2 aromatic carbocycles. The van der Waals surface area contributed by atoms with Gasteiger partial charge in [0, 0.05) is 31.2 Å². The summed E-state index contributed by atoms with van der Waals surface area (Å²) in [6.45, 7) is 14.8. The van der Waals surface area contributed by atoms with Crippen LogP contribution in [0.15, 0.2) is 36.4 Å². The number of nitrogens with zero attached hydrogens (tertiary/aromatic N) is 3. The lowest BCUT2D eigenvalue weighted by Crippen LogP contribution is -2.48. The Morgan fingerprint density at radius 3 is 2.67 bits per heavy atom. The molecule has 1 fully saturated rings. The van der Waals surface area contributed by atoms with Crippen molar-refractivity contribution in [3.8, 4) is 0 Å². The Labute approximate surface area is 232 Å². The van der Waals surface area contributed by atoms with E-state index in [1.165, 1.54) is 16.7 Å². The van der Waals surface area contributed by atoms with Crippen molar-refractivity contribution in [2.24, 2.45) is 11.8 Å². The van der Waals surface area contributed by atoms with E-state index < -0.39 is 5.60 Å². The van der Waals surface area contributed by atoms with E-state index in [-0.39, 0.29) is 24.0 Å². The van der Waals surface area contributed by atoms with Crippen molar-refractivity contribution in [3.05, 3.63) is 58.9 Å². The van der Waals surface area contributed by atoms with Crippen LogP contribution in [0.4, 0.5) is 5.69 Å². The number of hydrogen-bond donors (Lipinski definition) is 2. The second-order valence-corrected chi connectivity index (χ2v) is 12.7. The molecule has 1 saturated heterocycles. The molecule has 2 heterocycles. The first-order valence-corrected chi connectivity index (χ1v) is 14.4. The van der Waals surface area contributed by atoms with Gasteiger partial charge in [-0.05, 0) is 93.8 Å². The van der Waals surface area contributed by atoms with Crippen LogP contribution in [0.1, 0.15) is 62.7 Å². The van der Waals surface area contributed by atoms with Crippen molar-refractivity contribution in [1.29, 1.82) is 0 Å². The minimum absolute atomic E-state index is 0.0336. The Kier molecular flexibility index (Phi) is 7.86. The van der Waals surface area contributed by atoms with E-state index in [9.17, 15) is 9.90 Å². The van der Waals surface area contributed by atoms with Crippen molar-refractivity contribution in [3.63, 3.8) is 0 Å². The Morgan fingerprint density at radius 2 is 1.92 bits per heavy atom. The highest BCUT2D eigenvalue weighted by Gasteiger charge is 2.35. The van der Waals surface area contributed by atoms with E-state index in [1.54, 1.807) is 13.8 Å². The number of amides is 1. The highest BCUT2D eigenvalue weighted by atomic mass is 16.5. The van der Waals surface area contributed by atoms with Gasteiger partial charge in [0.2, 0.25) is 5.91 Å². The SMILES string of the molecule is Cc1ccc2c(c1)nc(C)n2[C@H]1CCN(CC2Cc3ccc(NC(=O)C(C)C)cc3C2)C[C@@H]1OCC(C)(C)O. The van der Waals surface area contributed by atoms with E-state index in [0.29, 0.717) is 12.5 Å². The quantitative estimate of drug-likeness (QED) is 0.424. The number of imidazole rings is 1. The van der Waals surface area contributed by atoms with Gasteiger partial charge in [-0.2, -0.15) is 0 Å². The lowest BCUT2D eigenvalue weighted by Gasteiger charge is -2.41. The van der Waals surface area contributed by atoms with E-state index in [4.69, 9.17) is 9.72 Å². The summed E-state index contributed by atoms with van der Waals surface area (Å²) in [5, 5.41) is 13.5. The van der Waals surface area contributed by atoms with Crippen LogP contribution in [0.2, 0.25) is 0 Å². The van der Waals surface area contributed by atoms with Crippen molar-refractivity contribution in [2.45, 2.75) is 78.6 Å². The first kappa shape index (κ1) is 27.8. The summed E-state index contributed by atoms with van der Waals surface area (Å²) in [5.74, 6) is 1.58. The number of nitrogens with one attached hydrogen (secondary N) is 1. The number of aryl methyl sites for hydroxylation is 2. The number of rotatable bonds is 8. The lowest BCUT2D eigenvalue weighted by molar-refractivity contribution is -0.118. The summed E-state index contributed by atoms with van der Waals surface area (Å²) in [4.78, 5) is 19.6. The topological polar surface area (TPSA) is 79.6 Å². The predicted molar refractivity (Wildman–Crippen MR) is 156 cm³/mol. The second kappa shape index (κ2) is 11.0. The van der Waals surface area contributed by atoms with Crippen LogP contribution in [0.25, 0.3) is 11.0 Å². The summed E-state index contributed by atoms with van der Waals surface area (Å²) in [7, 11) is 0. The normalized spacial score (nSPS) is 22.0. The molecule has 0 radical (unpaired) electrons. The van der Waals surface area contributed by atoms with Gasteiger partial charge < -0.3 is 24.6 Å². The first-order valence-electron chi connectivity index (χ1n) is 14.4. The maximum atomic E-state index is 12.2. The van der Waals surface area contributed by atoms with Crippen molar-refractivity contribution < 1.29 is 14.6 Å². The van der Waals surface area contributed by atoms with Crippen LogP contribution in [-0.4, -0.2) is 63.4 Å². The maximum Gasteiger partial charge on any atom is 0.226 e. The number of aliphatic hydroxyl groups is 1. The van der Waals surface area contributed by atoms with Gasteiger partial charge in [-0.1, -0.05) is 26.0 Å². The first-order chi connectivity index (χ1) is 18.5. The Morgan fingerprint density at radius 1 is 1.15 bits per heavy atom. The maximum absolute atomic E-state index is 12.2. The predicted octanol–water partition coefficient (Wildman–Crippen LogP) is 5.07. The molecular weight excluding hydrogens is 488 g/mol. The molecular formula is C32H44N4O3. The monoisotopic (exact) mass is 532 g/mol. The molecule has 7 nitrogen and oxygen atoms in total. The van der Waals surface area contributed by atoms with E-state index in [1.807, 2.05) is 19.9 Å². The second-order valence-electron chi connectivity index (χ2n) is 12.7. The molecule has 1 unspecified atom stereocenters. The van der Waals surface area contributed by atoms with Crippen LogP contribution < -0.4 is 5.32 Å². The molecule has 1 aromatic heterocycles. The van der Waals surface area contributed by atoms with Gasteiger partial charge in [-0.25, -0.2) is 4.98 Å². The largest absolute Gasteiger partial charge is 0.388 e. The molecule has 5 rings (SSSR count). The fourth-order valence-corrected chi connectivity index (χ4v) is 6.22. The van der Waals surface area contributed by atoms with Crippen LogP contribution in [-0.2, 0) is 22.4 Å². The number of benzene rings is 2. The summed E-state index contributed by atoms with van der Waals surface area (Å²) >= 11 is 0. The Hall–Kier alpha value is -2.74. The van der Waals surface area contributed by atoms with Crippen LogP contribution in [0.5, 0.6) is 0 Å². The third-order valence-electron chi connectivity index (χ3n) is 8.14. The van der Waals surface area contributed by atoms with Gasteiger partial charge in [0.05, 0.1) is 35.4 Å². The molecule has 210 valence electrons. The number of piperidine rings is 1. The van der Waals surface area contributed by atoms with Gasteiger partial charge in [-0.15, -0.1) is 0 Å². The third kappa shape index (κ3) is 6.37. The third-order valence-corrected chi connectivity index (χ3v) is 8.14. The van der Waals surface area contributed by atoms with Gasteiger partial charge >= 0.3 is 0 Å². The average molecular weight is 533 g/mol. The van der Waals surface area contributed by atoms with Crippen LogP contribution in [0.3, 0.4) is 0 Å². The van der Waals surface area contributed by atoms with Gasteiger partial charge in [0.15, 0.2) is 0 Å². The summed E-state index contributed by atoms with van der Waals surface area (Å²) in [6.07, 6.45) is 3.03. The Balaban J connectivity index is 1.29. The van der Waals surface area contributed by atoms with Gasteiger partial charge in [0.1, 0.15) is 5.82 Å².